The third-order valence-corrected chi connectivity index (χ3v) is 3.69. The first-order valence-electron chi connectivity index (χ1n) is 7.94. The Morgan fingerprint density at radius 2 is 2.04 bits per heavy atom. The van der Waals surface area contributed by atoms with Crippen LogP contribution in [0.25, 0.3) is 0 Å². The van der Waals surface area contributed by atoms with E-state index in [2.05, 4.69) is 22.3 Å². The lowest BCUT2D eigenvalue weighted by atomic mass is 10.1. The molecule has 0 aliphatic carbocycles. The molecule has 2 rings (SSSR count). The number of nitrogens with one attached hydrogen (secondary N) is 3. The molecule has 0 saturated carbocycles. The molecule has 0 aromatic heterocycles. The number of halogens is 3. The number of likely N-dealkylation sites (N-methyl/N-ethyl adjacent to an activating group) is 1. The van der Waals surface area contributed by atoms with Gasteiger partial charge in [0.05, 0.1) is 11.3 Å². The number of carbonyl (C=O) groups is 1. The number of amidine groups is 2. The fourth-order valence-electron chi connectivity index (χ4n) is 2.39. The van der Waals surface area contributed by atoms with Crippen LogP contribution in [0.4, 0.5) is 13.2 Å². The van der Waals surface area contributed by atoms with Crippen molar-refractivity contribution < 1.29 is 23.1 Å². The summed E-state index contributed by atoms with van der Waals surface area (Å²) in [5, 5.41) is 21.3. The van der Waals surface area contributed by atoms with Gasteiger partial charge < -0.3 is 10.4 Å². The quantitative estimate of drug-likeness (QED) is 0.469. The Balaban J connectivity index is 2.26. The van der Waals surface area contributed by atoms with Crippen LogP contribution in [0.5, 0.6) is 5.75 Å². The smallest absolute Gasteiger partial charge is 0.432 e. The molecule has 0 unspecified atom stereocenters. The number of aromatic hydroxyl groups is 1. The van der Waals surface area contributed by atoms with Crippen molar-refractivity contribution in [2.24, 2.45) is 4.99 Å². The van der Waals surface area contributed by atoms with Crippen LogP contribution in [-0.4, -0.2) is 40.9 Å². The molecule has 0 atom stereocenters. The Kier molecular flexibility index (Phi) is 5.92. The van der Waals surface area contributed by atoms with E-state index in [4.69, 9.17) is 5.41 Å². The molecule has 0 spiro atoms. The molecule has 0 saturated heterocycles. The fourth-order valence-corrected chi connectivity index (χ4v) is 2.39. The molecule has 10 heteroatoms. The van der Waals surface area contributed by atoms with E-state index in [9.17, 15) is 23.1 Å². The van der Waals surface area contributed by atoms with Crippen molar-refractivity contribution in [3.8, 4) is 5.75 Å². The number of hydrazine groups is 1. The molecule has 0 radical (unpaired) electrons. The van der Waals surface area contributed by atoms with E-state index in [1.54, 1.807) is 12.1 Å². The number of phenolic OH excluding ortho intramolecular Hbond substituents is 1. The van der Waals surface area contributed by atoms with Gasteiger partial charge in [0.1, 0.15) is 17.3 Å². The maximum Gasteiger partial charge on any atom is 0.432 e. The van der Waals surface area contributed by atoms with Gasteiger partial charge >= 0.3 is 6.18 Å². The van der Waals surface area contributed by atoms with Crippen molar-refractivity contribution in [2.75, 3.05) is 7.05 Å². The molecule has 0 bridgehead atoms. The molecular formula is C18H18F3N5O2. The molecule has 1 heterocycles. The third-order valence-electron chi connectivity index (χ3n) is 3.69. The molecule has 148 valence electrons. The van der Waals surface area contributed by atoms with Gasteiger partial charge in [0.15, 0.2) is 5.84 Å². The van der Waals surface area contributed by atoms with Gasteiger partial charge in [-0.25, -0.2) is 4.99 Å². The summed E-state index contributed by atoms with van der Waals surface area (Å²) < 4.78 is 38.6. The highest BCUT2D eigenvalue weighted by Gasteiger charge is 2.38. The van der Waals surface area contributed by atoms with Crippen LogP contribution in [0.1, 0.15) is 17.3 Å². The summed E-state index contributed by atoms with van der Waals surface area (Å²) in [5.41, 5.74) is 1.27. The third kappa shape index (κ3) is 4.58. The number of para-hydroxylation sites is 1. The maximum atomic E-state index is 12.9. The van der Waals surface area contributed by atoms with Crippen LogP contribution in [-0.2, 0) is 0 Å². The zero-order chi connectivity index (χ0) is 21.1. The molecule has 1 aliphatic rings. The summed E-state index contributed by atoms with van der Waals surface area (Å²) in [6, 6.07) is 5.87. The highest BCUT2D eigenvalue weighted by molar-refractivity contribution is 6.12. The number of phenols is 1. The number of allylic oxidation sites excluding steroid dienone is 2. The lowest BCUT2D eigenvalue weighted by Crippen LogP contribution is -2.32. The number of nitrogens with zero attached hydrogens (tertiary/aromatic N) is 2. The van der Waals surface area contributed by atoms with E-state index in [0.29, 0.717) is 0 Å². The highest BCUT2D eigenvalue weighted by Crippen LogP contribution is 2.30. The fraction of sp³-hybridized carbons (Fsp3) is 0.167. The molecule has 28 heavy (non-hydrogen) atoms. The molecular weight excluding hydrogens is 375 g/mol. The summed E-state index contributed by atoms with van der Waals surface area (Å²) in [7, 11) is 1.36. The highest BCUT2D eigenvalue weighted by atomic mass is 19.4. The Labute approximate surface area is 159 Å². The molecule has 1 aromatic rings. The first kappa shape index (κ1) is 20.7. The normalized spacial score (nSPS) is 16.2. The summed E-state index contributed by atoms with van der Waals surface area (Å²) in [5.74, 6) is -1.24. The van der Waals surface area contributed by atoms with Crippen LogP contribution in [0.3, 0.4) is 0 Å². The Morgan fingerprint density at radius 3 is 2.57 bits per heavy atom. The van der Waals surface area contributed by atoms with E-state index in [-0.39, 0.29) is 28.4 Å². The number of hydrogen-bond acceptors (Lipinski definition) is 5. The van der Waals surface area contributed by atoms with Gasteiger partial charge in [0, 0.05) is 12.6 Å². The molecule has 1 aliphatic heterocycles. The second kappa shape index (κ2) is 7.99. The zero-order valence-electron chi connectivity index (χ0n) is 15.1. The van der Waals surface area contributed by atoms with Gasteiger partial charge in [-0.1, -0.05) is 24.8 Å². The average molecular weight is 393 g/mol. The second-order valence-electron chi connectivity index (χ2n) is 5.75. The molecule has 7 nitrogen and oxygen atoms in total. The van der Waals surface area contributed by atoms with Gasteiger partial charge in [0.2, 0.25) is 0 Å². The standard InChI is InChI=1S/C18H18F3N5O2/c1-4-11(13-9-15(18(19,20)21)25-26(13)3)16(22)23-10(2)24-17(28)12-7-5-6-8-14(12)27/h4-9,25,27H,1H2,2-3H3,(H2,22,23,24,28). The average Bonchev–Trinajstić information content (AvgIpc) is 2.97. The van der Waals surface area contributed by atoms with E-state index >= 15 is 0 Å². The number of amides is 1. The van der Waals surface area contributed by atoms with Gasteiger partial charge in [0.25, 0.3) is 5.91 Å². The van der Waals surface area contributed by atoms with Crippen molar-refractivity contribution in [1.82, 2.24) is 15.8 Å². The van der Waals surface area contributed by atoms with Crippen molar-refractivity contribution in [1.29, 1.82) is 5.41 Å². The van der Waals surface area contributed by atoms with Crippen LogP contribution >= 0.6 is 0 Å². The Morgan fingerprint density at radius 1 is 1.39 bits per heavy atom. The first-order valence-corrected chi connectivity index (χ1v) is 7.94. The summed E-state index contributed by atoms with van der Waals surface area (Å²) in [4.78, 5) is 16.1. The predicted octanol–water partition coefficient (Wildman–Crippen LogP) is 2.85. The van der Waals surface area contributed by atoms with E-state index < -0.39 is 23.6 Å². The minimum atomic E-state index is -4.57. The van der Waals surface area contributed by atoms with E-state index in [1.165, 1.54) is 32.2 Å². The minimum Gasteiger partial charge on any atom is -0.507 e. The topological polar surface area (TPSA) is 101 Å². The zero-order valence-corrected chi connectivity index (χ0v) is 15.1. The van der Waals surface area contributed by atoms with Crippen molar-refractivity contribution >= 4 is 17.6 Å². The van der Waals surface area contributed by atoms with Gasteiger partial charge in [-0.15, -0.1) is 0 Å². The number of carbonyl (C=O) groups excluding carboxylic acids is 1. The molecule has 4 N–H and O–H groups in total. The monoisotopic (exact) mass is 393 g/mol. The largest absolute Gasteiger partial charge is 0.507 e. The molecule has 1 amide bonds. The van der Waals surface area contributed by atoms with E-state index in [0.717, 1.165) is 11.1 Å². The van der Waals surface area contributed by atoms with Crippen LogP contribution in [0, 0.1) is 5.41 Å². The van der Waals surface area contributed by atoms with Crippen LogP contribution in [0.2, 0.25) is 0 Å². The lowest BCUT2D eigenvalue weighted by Gasteiger charge is -2.18. The van der Waals surface area contributed by atoms with Crippen molar-refractivity contribution in [2.45, 2.75) is 13.1 Å². The lowest BCUT2D eigenvalue weighted by molar-refractivity contribution is -0.0994. The number of benzene rings is 1. The van der Waals surface area contributed by atoms with Gasteiger partial charge in [-0.2, -0.15) is 13.2 Å². The first-order chi connectivity index (χ1) is 13.0. The Bertz CT molecular complexity index is 916. The van der Waals surface area contributed by atoms with Gasteiger partial charge in [-0.05, 0) is 25.1 Å². The maximum absolute atomic E-state index is 12.9. The summed E-state index contributed by atoms with van der Waals surface area (Å²) >= 11 is 0. The SMILES string of the molecule is C=CC(C(=N)N=C(C)NC(=O)c1ccccc1O)=C1C=C(C(F)(F)F)NN1C. The number of rotatable bonds is 3. The van der Waals surface area contributed by atoms with Crippen LogP contribution in [0.15, 0.2) is 65.0 Å². The molecule has 0 fully saturated rings. The summed E-state index contributed by atoms with van der Waals surface area (Å²) in [6.07, 6.45) is -2.53. The molecule has 1 aromatic carbocycles. The minimum absolute atomic E-state index is 0.0170. The van der Waals surface area contributed by atoms with Crippen LogP contribution < -0.4 is 10.7 Å². The van der Waals surface area contributed by atoms with E-state index in [1.807, 2.05) is 0 Å². The number of alkyl halides is 3. The van der Waals surface area contributed by atoms with Gasteiger partial charge in [-0.3, -0.25) is 20.6 Å². The predicted molar refractivity (Wildman–Crippen MR) is 98.7 cm³/mol. The summed E-state index contributed by atoms with van der Waals surface area (Å²) in [6.45, 7) is 4.93. The Hall–Kier alpha value is -3.56. The number of hydrogen-bond donors (Lipinski definition) is 4. The van der Waals surface area contributed by atoms with Crippen molar-refractivity contribution in [3.63, 3.8) is 0 Å². The second-order valence-corrected chi connectivity index (χ2v) is 5.75. The number of aliphatic imine (C=N–C) groups is 1. The van der Waals surface area contributed by atoms with Crippen molar-refractivity contribution in [3.05, 3.63) is 65.5 Å².